The summed E-state index contributed by atoms with van der Waals surface area (Å²) in [5, 5.41) is 21.9. The van der Waals surface area contributed by atoms with Crippen molar-refractivity contribution in [1.82, 2.24) is 20.3 Å². The number of nitrogens with zero attached hydrogens (tertiary/aromatic N) is 3. The highest BCUT2D eigenvalue weighted by atomic mass is 16.5. The van der Waals surface area contributed by atoms with E-state index in [1.807, 2.05) is 10.9 Å². The standard InChI is InChI=1S/C14H22N4O2/c19-12-8-20-13(14(12)15-5-9-1-2-9)7-18-6-11(16-17-18)10-3-4-10/h6,9-10,12-15,19H,1-5,7-8H2/t12-,13+,14+/m0/s1. The maximum absolute atomic E-state index is 10.0. The van der Waals surface area contributed by atoms with Crippen LogP contribution >= 0.6 is 0 Å². The number of aromatic nitrogens is 3. The molecule has 3 atom stereocenters. The first-order chi connectivity index (χ1) is 9.79. The maximum Gasteiger partial charge on any atom is 0.0952 e. The second kappa shape index (κ2) is 5.09. The lowest BCUT2D eigenvalue weighted by molar-refractivity contribution is 0.0741. The number of aliphatic hydroxyl groups is 1. The van der Waals surface area contributed by atoms with Gasteiger partial charge in [-0.25, -0.2) is 4.68 Å². The van der Waals surface area contributed by atoms with Crippen LogP contribution in [0.15, 0.2) is 6.20 Å². The summed E-state index contributed by atoms with van der Waals surface area (Å²) in [5.41, 5.74) is 1.10. The topological polar surface area (TPSA) is 72.2 Å². The molecule has 4 rings (SSSR count). The number of nitrogens with one attached hydrogen (secondary N) is 1. The average molecular weight is 278 g/mol. The van der Waals surface area contributed by atoms with Gasteiger partial charge in [0.2, 0.25) is 0 Å². The van der Waals surface area contributed by atoms with Crippen molar-refractivity contribution < 1.29 is 9.84 Å². The van der Waals surface area contributed by atoms with Crippen LogP contribution in [0, 0.1) is 5.92 Å². The Morgan fingerprint density at radius 3 is 2.95 bits per heavy atom. The van der Waals surface area contributed by atoms with Gasteiger partial charge in [0.05, 0.1) is 37.1 Å². The zero-order valence-electron chi connectivity index (χ0n) is 11.6. The van der Waals surface area contributed by atoms with E-state index in [1.54, 1.807) is 0 Å². The summed E-state index contributed by atoms with van der Waals surface area (Å²) in [6.07, 6.45) is 6.71. The van der Waals surface area contributed by atoms with Crippen LogP contribution < -0.4 is 5.32 Å². The highest BCUT2D eigenvalue weighted by Crippen LogP contribution is 2.38. The lowest BCUT2D eigenvalue weighted by atomic mass is 10.1. The third-order valence-electron chi connectivity index (χ3n) is 4.55. The quantitative estimate of drug-likeness (QED) is 0.782. The molecular weight excluding hydrogens is 256 g/mol. The molecule has 1 aromatic heterocycles. The van der Waals surface area contributed by atoms with E-state index < -0.39 is 6.10 Å². The molecule has 20 heavy (non-hydrogen) atoms. The minimum absolute atomic E-state index is 0.0162. The van der Waals surface area contributed by atoms with E-state index >= 15 is 0 Å². The second-order valence-corrected chi connectivity index (χ2v) is 6.46. The number of ether oxygens (including phenoxy) is 1. The molecule has 0 radical (unpaired) electrons. The predicted octanol–water partition coefficient (Wildman–Crippen LogP) is 0.283. The molecule has 6 nitrogen and oxygen atoms in total. The molecule has 1 saturated heterocycles. The van der Waals surface area contributed by atoms with E-state index in [0.29, 0.717) is 19.1 Å². The molecule has 2 aliphatic carbocycles. The molecule has 0 bridgehead atoms. The van der Waals surface area contributed by atoms with Gasteiger partial charge in [-0.1, -0.05) is 5.21 Å². The van der Waals surface area contributed by atoms with E-state index in [-0.39, 0.29) is 12.1 Å². The molecule has 3 fully saturated rings. The van der Waals surface area contributed by atoms with Gasteiger partial charge in [0.15, 0.2) is 0 Å². The van der Waals surface area contributed by atoms with Crippen molar-refractivity contribution >= 4 is 0 Å². The lowest BCUT2D eigenvalue weighted by Crippen LogP contribution is -2.46. The second-order valence-electron chi connectivity index (χ2n) is 6.46. The highest BCUT2D eigenvalue weighted by Gasteiger charge is 2.37. The molecule has 0 unspecified atom stereocenters. The van der Waals surface area contributed by atoms with Crippen LogP contribution in [0.2, 0.25) is 0 Å². The van der Waals surface area contributed by atoms with Crippen LogP contribution in [0.25, 0.3) is 0 Å². The fourth-order valence-electron chi connectivity index (χ4n) is 2.89. The summed E-state index contributed by atoms with van der Waals surface area (Å²) in [6.45, 7) is 2.07. The third-order valence-corrected chi connectivity index (χ3v) is 4.55. The van der Waals surface area contributed by atoms with Gasteiger partial charge < -0.3 is 15.2 Å². The molecule has 6 heteroatoms. The number of rotatable bonds is 6. The maximum atomic E-state index is 10.0. The minimum atomic E-state index is -0.412. The summed E-state index contributed by atoms with van der Waals surface area (Å²) >= 11 is 0. The Hall–Kier alpha value is -0.980. The summed E-state index contributed by atoms with van der Waals surface area (Å²) in [4.78, 5) is 0. The number of aliphatic hydroxyl groups excluding tert-OH is 1. The van der Waals surface area contributed by atoms with Crippen LogP contribution in [0.1, 0.15) is 37.3 Å². The van der Waals surface area contributed by atoms with Crippen LogP contribution in [-0.2, 0) is 11.3 Å². The van der Waals surface area contributed by atoms with Crippen molar-refractivity contribution in [2.45, 2.75) is 56.4 Å². The molecular formula is C14H22N4O2. The normalized spacial score (nSPS) is 33.8. The lowest BCUT2D eigenvalue weighted by Gasteiger charge is -2.21. The first-order valence-electron chi connectivity index (χ1n) is 7.72. The minimum Gasteiger partial charge on any atom is -0.389 e. The third kappa shape index (κ3) is 2.73. The monoisotopic (exact) mass is 278 g/mol. The van der Waals surface area contributed by atoms with Crippen molar-refractivity contribution in [1.29, 1.82) is 0 Å². The molecule has 0 amide bonds. The Labute approximate surface area is 118 Å². The molecule has 1 aromatic rings. The molecule has 2 N–H and O–H groups in total. The Morgan fingerprint density at radius 1 is 1.35 bits per heavy atom. The summed E-state index contributed by atoms with van der Waals surface area (Å²) in [7, 11) is 0. The summed E-state index contributed by atoms with van der Waals surface area (Å²) in [6, 6.07) is 0.0178. The predicted molar refractivity (Wildman–Crippen MR) is 72.3 cm³/mol. The van der Waals surface area contributed by atoms with Crippen LogP contribution in [0.4, 0.5) is 0 Å². The smallest absolute Gasteiger partial charge is 0.0952 e. The van der Waals surface area contributed by atoms with Crippen molar-refractivity contribution in [3.63, 3.8) is 0 Å². The molecule has 3 aliphatic rings. The number of hydrogen-bond donors (Lipinski definition) is 2. The molecule has 2 saturated carbocycles. The van der Waals surface area contributed by atoms with Gasteiger partial charge in [0.1, 0.15) is 0 Å². The van der Waals surface area contributed by atoms with Gasteiger partial charge in [0.25, 0.3) is 0 Å². The van der Waals surface area contributed by atoms with E-state index in [2.05, 4.69) is 15.6 Å². The molecule has 1 aliphatic heterocycles. The molecule has 0 aromatic carbocycles. The summed E-state index contributed by atoms with van der Waals surface area (Å²) < 4.78 is 7.58. The van der Waals surface area contributed by atoms with Gasteiger partial charge >= 0.3 is 0 Å². The van der Waals surface area contributed by atoms with Gasteiger partial charge in [-0.05, 0) is 38.1 Å². The van der Waals surface area contributed by atoms with Gasteiger partial charge in [-0.15, -0.1) is 5.10 Å². The van der Waals surface area contributed by atoms with E-state index in [1.165, 1.54) is 25.7 Å². The first kappa shape index (κ1) is 12.7. The van der Waals surface area contributed by atoms with Crippen molar-refractivity contribution in [2.24, 2.45) is 5.92 Å². The van der Waals surface area contributed by atoms with Gasteiger partial charge in [-0.3, -0.25) is 0 Å². The highest BCUT2D eigenvalue weighted by molar-refractivity contribution is 5.09. The fraction of sp³-hybridized carbons (Fsp3) is 0.857. The molecule has 2 heterocycles. The fourth-order valence-corrected chi connectivity index (χ4v) is 2.89. The van der Waals surface area contributed by atoms with E-state index in [9.17, 15) is 5.11 Å². The Kier molecular flexibility index (Phi) is 3.24. The Morgan fingerprint density at radius 2 is 2.20 bits per heavy atom. The van der Waals surface area contributed by atoms with Crippen molar-refractivity contribution in [2.75, 3.05) is 13.2 Å². The van der Waals surface area contributed by atoms with Crippen LogP contribution in [-0.4, -0.2) is 51.5 Å². The van der Waals surface area contributed by atoms with Crippen molar-refractivity contribution in [3.8, 4) is 0 Å². The average Bonchev–Trinajstić information content (AvgIpc) is 3.36. The zero-order chi connectivity index (χ0) is 13.5. The Bertz CT molecular complexity index is 469. The number of hydrogen-bond acceptors (Lipinski definition) is 5. The molecule has 110 valence electrons. The van der Waals surface area contributed by atoms with Gasteiger partial charge in [0, 0.05) is 12.1 Å². The van der Waals surface area contributed by atoms with Crippen LogP contribution in [0.5, 0.6) is 0 Å². The Balaban J connectivity index is 1.37. The summed E-state index contributed by atoms with van der Waals surface area (Å²) in [5.74, 6) is 1.43. The SMILES string of the molecule is O[C@H]1CO[C@H](Cn2cc(C3CC3)nn2)[C@@H]1NCC1CC1. The van der Waals surface area contributed by atoms with E-state index in [0.717, 1.165) is 18.2 Å². The van der Waals surface area contributed by atoms with Crippen LogP contribution in [0.3, 0.4) is 0 Å². The largest absolute Gasteiger partial charge is 0.389 e. The van der Waals surface area contributed by atoms with E-state index in [4.69, 9.17) is 4.74 Å². The molecule has 0 spiro atoms. The van der Waals surface area contributed by atoms with Crippen molar-refractivity contribution in [3.05, 3.63) is 11.9 Å². The first-order valence-corrected chi connectivity index (χ1v) is 7.72. The van der Waals surface area contributed by atoms with Gasteiger partial charge in [-0.2, -0.15) is 0 Å². The zero-order valence-corrected chi connectivity index (χ0v) is 11.6.